The number of nitrogens with zero attached hydrogens (tertiary/aromatic N) is 1. The molecule has 0 bridgehead atoms. The van der Waals surface area contributed by atoms with Gasteiger partial charge in [0.2, 0.25) is 0 Å². The molecule has 1 atom stereocenters. The number of aromatic nitrogens is 1. The van der Waals surface area contributed by atoms with Crippen molar-refractivity contribution in [2.75, 3.05) is 13.2 Å². The molecular formula is C13H19N3O4S. The summed E-state index contributed by atoms with van der Waals surface area (Å²) in [5.74, 6) is -1.03. The van der Waals surface area contributed by atoms with Gasteiger partial charge in [0.05, 0.1) is 6.04 Å². The number of carbonyl (C=O) groups excluding carboxylic acids is 1. The van der Waals surface area contributed by atoms with Gasteiger partial charge in [-0.1, -0.05) is 0 Å². The Labute approximate surface area is 126 Å². The standard InChI is InChI=1S/C13H19N3O4S/c1-8-7-21-10(14-8)9(2)15-12(19)16-13(11(17)18)3-5-20-6-4-13/h7,9H,3-6H2,1-2H3,(H,17,18)(H2,15,16,19). The van der Waals surface area contributed by atoms with Crippen LogP contribution in [0.25, 0.3) is 0 Å². The van der Waals surface area contributed by atoms with Gasteiger partial charge in [-0.2, -0.15) is 0 Å². The number of carboxylic acids is 1. The molecule has 1 aliphatic heterocycles. The molecular weight excluding hydrogens is 294 g/mol. The highest BCUT2D eigenvalue weighted by molar-refractivity contribution is 7.09. The Hall–Kier alpha value is -1.67. The Morgan fingerprint density at radius 2 is 2.14 bits per heavy atom. The summed E-state index contributed by atoms with van der Waals surface area (Å²) in [5.41, 5.74) is -0.351. The van der Waals surface area contributed by atoms with E-state index >= 15 is 0 Å². The van der Waals surface area contributed by atoms with Crippen LogP contribution >= 0.6 is 11.3 Å². The summed E-state index contributed by atoms with van der Waals surface area (Å²) >= 11 is 1.46. The molecule has 7 nitrogen and oxygen atoms in total. The van der Waals surface area contributed by atoms with Crippen LogP contribution in [0.4, 0.5) is 4.79 Å². The number of aryl methyl sites for hydroxylation is 1. The van der Waals surface area contributed by atoms with Crippen molar-refractivity contribution < 1.29 is 19.4 Å². The highest BCUT2D eigenvalue weighted by atomic mass is 32.1. The summed E-state index contributed by atoms with van der Waals surface area (Å²) in [6.07, 6.45) is 0.529. The van der Waals surface area contributed by atoms with E-state index in [4.69, 9.17) is 4.74 Å². The Morgan fingerprint density at radius 1 is 1.48 bits per heavy atom. The van der Waals surface area contributed by atoms with E-state index in [1.54, 1.807) is 0 Å². The summed E-state index contributed by atoms with van der Waals surface area (Å²) < 4.78 is 5.17. The van der Waals surface area contributed by atoms with Crippen molar-refractivity contribution >= 4 is 23.3 Å². The first kappa shape index (κ1) is 15.7. The summed E-state index contributed by atoms with van der Waals surface area (Å²) in [7, 11) is 0. The predicted octanol–water partition coefficient (Wildman–Crippen LogP) is 1.45. The molecule has 0 saturated carbocycles. The predicted molar refractivity (Wildman–Crippen MR) is 77.4 cm³/mol. The van der Waals surface area contributed by atoms with Gasteiger partial charge in [0, 0.05) is 37.1 Å². The molecule has 1 saturated heterocycles. The van der Waals surface area contributed by atoms with Crippen molar-refractivity contribution in [1.82, 2.24) is 15.6 Å². The van der Waals surface area contributed by atoms with E-state index in [1.165, 1.54) is 11.3 Å². The Morgan fingerprint density at radius 3 is 2.67 bits per heavy atom. The van der Waals surface area contributed by atoms with Crippen molar-refractivity contribution in [3.05, 3.63) is 16.1 Å². The van der Waals surface area contributed by atoms with Crippen LogP contribution in [-0.4, -0.2) is 40.8 Å². The van der Waals surface area contributed by atoms with Crippen LogP contribution in [0.5, 0.6) is 0 Å². The Balaban J connectivity index is 1.98. The monoisotopic (exact) mass is 313 g/mol. The minimum absolute atomic E-state index is 0.264. The second-order valence-electron chi connectivity index (χ2n) is 5.15. The fourth-order valence-corrected chi connectivity index (χ4v) is 3.00. The number of rotatable bonds is 4. The topological polar surface area (TPSA) is 101 Å². The van der Waals surface area contributed by atoms with Gasteiger partial charge >= 0.3 is 12.0 Å². The van der Waals surface area contributed by atoms with Gasteiger partial charge in [0.1, 0.15) is 10.5 Å². The molecule has 8 heteroatoms. The zero-order valence-electron chi connectivity index (χ0n) is 12.0. The maximum atomic E-state index is 12.1. The van der Waals surface area contributed by atoms with Crippen LogP contribution in [0, 0.1) is 6.92 Å². The minimum atomic E-state index is -1.25. The van der Waals surface area contributed by atoms with Gasteiger partial charge in [-0.25, -0.2) is 14.6 Å². The van der Waals surface area contributed by atoms with Crippen LogP contribution in [0.3, 0.4) is 0 Å². The number of carboxylic acid groups (broad SMARTS) is 1. The van der Waals surface area contributed by atoms with Gasteiger partial charge in [0.25, 0.3) is 0 Å². The highest BCUT2D eigenvalue weighted by Gasteiger charge is 2.41. The quantitative estimate of drug-likeness (QED) is 0.781. The van der Waals surface area contributed by atoms with Crippen molar-refractivity contribution in [2.45, 2.75) is 38.3 Å². The molecule has 1 aliphatic rings. The van der Waals surface area contributed by atoms with Crippen molar-refractivity contribution in [3.8, 4) is 0 Å². The smallest absolute Gasteiger partial charge is 0.329 e. The molecule has 2 rings (SSSR count). The fraction of sp³-hybridized carbons (Fsp3) is 0.615. The van der Waals surface area contributed by atoms with Gasteiger partial charge in [0.15, 0.2) is 0 Å². The van der Waals surface area contributed by atoms with E-state index in [-0.39, 0.29) is 18.9 Å². The average Bonchev–Trinajstić information content (AvgIpc) is 2.86. The molecule has 1 fully saturated rings. The zero-order chi connectivity index (χ0) is 15.5. The molecule has 0 spiro atoms. The van der Waals surface area contributed by atoms with Crippen LogP contribution in [0.1, 0.15) is 36.5 Å². The van der Waals surface area contributed by atoms with E-state index in [1.807, 2.05) is 19.2 Å². The van der Waals surface area contributed by atoms with Crippen molar-refractivity contribution in [2.24, 2.45) is 0 Å². The first-order chi connectivity index (χ1) is 9.93. The van der Waals surface area contributed by atoms with Gasteiger partial charge in [-0.3, -0.25) is 0 Å². The van der Waals surface area contributed by atoms with E-state index in [2.05, 4.69) is 15.6 Å². The number of ether oxygens (including phenoxy) is 1. The molecule has 1 unspecified atom stereocenters. The maximum Gasteiger partial charge on any atom is 0.329 e. The number of aliphatic carboxylic acids is 1. The number of hydrogen-bond acceptors (Lipinski definition) is 5. The van der Waals surface area contributed by atoms with Crippen molar-refractivity contribution in [1.29, 1.82) is 0 Å². The van der Waals surface area contributed by atoms with Crippen LogP contribution < -0.4 is 10.6 Å². The van der Waals surface area contributed by atoms with E-state index in [0.29, 0.717) is 13.2 Å². The van der Waals surface area contributed by atoms with Crippen LogP contribution in [0.15, 0.2) is 5.38 Å². The molecule has 21 heavy (non-hydrogen) atoms. The number of urea groups is 1. The minimum Gasteiger partial charge on any atom is -0.480 e. The molecule has 0 aliphatic carbocycles. The second-order valence-corrected chi connectivity index (χ2v) is 6.04. The Bertz CT molecular complexity index is 525. The van der Waals surface area contributed by atoms with Gasteiger partial charge in [-0.15, -0.1) is 11.3 Å². The lowest BCUT2D eigenvalue weighted by atomic mass is 9.90. The third-order valence-electron chi connectivity index (χ3n) is 3.46. The van der Waals surface area contributed by atoms with E-state index in [0.717, 1.165) is 10.7 Å². The zero-order valence-corrected chi connectivity index (χ0v) is 12.8. The third kappa shape index (κ3) is 3.70. The highest BCUT2D eigenvalue weighted by Crippen LogP contribution is 2.22. The Kier molecular flexibility index (Phi) is 4.79. The summed E-state index contributed by atoms with van der Waals surface area (Å²) in [4.78, 5) is 27.8. The van der Waals surface area contributed by atoms with E-state index < -0.39 is 17.5 Å². The lowest BCUT2D eigenvalue weighted by Gasteiger charge is -2.34. The van der Waals surface area contributed by atoms with Crippen LogP contribution in [-0.2, 0) is 9.53 Å². The summed E-state index contributed by atoms with van der Waals surface area (Å²) in [5, 5.41) is 17.4. The SMILES string of the molecule is Cc1csc(C(C)NC(=O)NC2(C(=O)O)CCOCC2)n1. The largest absolute Gasteiger partial charge is 0.480 e. The molecule has 0 aromatic carbocycles. The molecule has 116 valence electrons. The lowest BCUT2D eigenvalue weighted by molar-refractivity contribution is -0.148. The summed E-state index contributed by atoms with van der Waals surface area (Å²) in [6.45, 7) is 4.35. The fourth-order valence-electron chi connectivity index (χ4n) is 2.20. The molecule has 3 N–H and O–H groups in total. The number of amides is 2. The number of nitrogens with one attached hydrogen (secondary N) is 2. The maximum absolute atomic E-state index is 12.1. The molecule has 0 radical (unpaired) electrons. The van der Waals surface area contributed by atoms with E-state index in [9.17, 15) is 14.7 Å². The number of carbonyl (C=O) groups is 2. The first-order valence-electron chi connectivity index (χ1n) is 6.75. The lowest BCUT2D eigenvalue weighted by Crippen LogP contribution is -2.59. The average molecular weight is 313 g/mol. The van der Waals surface area contributed by atoms with Crippen molar-refractivity contribution in [3.63, 3.8) is 0 Å². The number of thiazole rings is 1. The molecule has 2 amide bonds. The second kappa shape index (κ2) is 6.40. The summed E-state index contributed by atoms with van der Waals surface area (Å²) in [6, 6.07) is -0.769. The molecule has 1 aromatic heterocycles. The van der Waals surface area contributed by atoms with Crippen LogP contribution in [0.2, 0.25) is 0 Å². The first-order valence-corrected chi connectivity index (χ1v) is 7.63. The van der Waals surface area contributed by atoms with Gasteiger partial charge in [-0.05, 0) is 13.8 Å². The number of hydrogen-bond donors (Lipinski definition) is 3. The molecule has 2 heterocycles. The third-order valence-corrected chi connectivity index (χ3v) is 4.61. The normalized spacial score (nSPS) is 18.8. The molecule has 1 aromatic rings. The van der Waals surface area contributed by atoms with Gasteiger partial charge < -0.3 is 20.5 Å².